The molecule has 3 nitrogen and oxygen atoms in total. The van der Waals surface area contributed by atoms with Gasteiger partial charge in [0.05, 0.1) is 0 Å². The summed E-state index contributed by atoms with van der Waals surface area (Å²) in [5, 5.41) is 0. The Balaban J connectivity index is 6.21. The molecule has 0 aliphatic heterocycles. The van der Waals surface area contributed by atoms with Crippen LogP contribution in [-0.4, -0.2) is 6.61 Å². The van der Waals surface area contributed by atoms with Crippen LogP contribution in [0.2, 0.25) is 18.6 Å². The Hall–Kier alpha value is 0.300. The first-order valence-electron chi connectivity index (χ1n) is 5.64. The summed E-state index contributed by atoms with van der Waals surface area (Å²) in [4.78, 5) is 0. The van der Waals surface area contributed by atoms with Gasteiger partial charge in [0.1, 0.15) is 0 Å². The third-order valence-corrected chi connectivity index (χ3v) is 28.6. The Kier molecular flexibility index (Phi) is 2.76. The van der Waals surface area contributed by atoms with E-state index < -0.39 is 13.5 Å². The minimum atomic E-state index is -6.19. The monoisotopic (exact) mass is 286 g/mol. The second kappa shape index (κ2) is 2.70. The molecule has 4 heteroatoms. The van der Waals surface area contributed by atoms with E-state index in [1.54, 1.807) is 34.6 Å². The van der Waals surface area contributed by atoms with Gasteiger partial charge >= 0.3 is 83.1 Å². The van der Waals surface area contributed by atoms with Crippen molar-refractivity contribution in [1.82, 2.24) is 0 Å². The molecule has 0 rings (SSSR count). The van der Waals surface area contributed by atoms with Gasteiger partial charge in [-0.3, -0.25) is 0 Å². The van der Waals surface area contributed by atoms with Crippen molar-refractivity contribution >= 4 is 0 Å². The summed E-state index contributed by atoms with van der Waals surface area (Å²) in [5.74, 6) is 0. The third kappa shape index (κ3) is 1.60. The van der Waals surface area contributed by atoms with E-state index in [-0.39, 0.29) is 25.2 Å². The molecule has 0 aromatic rings. The molecule has 0 bridgehead atoms. The van der Waals surface area contributed by atoms with E-state index in [9.17, 15) is 6.50 Å². The minimum absolute atomic E-state index is 0.128. The van der Waals surface area contributed by atoms with Crippen LogP contribution >= 0.6 is 0 Å². The Morgan fingerprint density at radius 2 is 1.07 bits per heavy atom. The molecule has 0 aromatic heterocycles. The first-order chi connectivity index (χ1) is 6.13. The standard InChI is InChI=1S/C2H5O.4C2H5.Nb.2O/c1-2-3;4*1-2;;;/h2H2,1H3;4*1H2,2H3;;;/q-1;;;;;+1;;. The van der Waals surface area contributed by atoms with Crippen molar-refractivity contribution in [3.05, 3.63) is 0 Å². The Morgan fingerprint density at radius 3 is 1.14 bits per heavy atom. The van der Waals surface area contributed by atoms with Crippen LogP contribution in [-0.2, 0) is 23.3 Å². The van der Waals surface area contributed by atoms with E-state index in [4.69, 9.17) is 3.24 Å². The van der Waals surface area contributed by atoms with Crippen LogP contribution in [0.5, 0.6) is 0 Å². The maximum absolute atomic E-state index is 13.3. The Morgan fingerprint density at radius 1 is 0.786 bits per heavy atom. The van der Waals surface area contributed by atoms with Crippen LogP contribution in [0.4, 0.5) is 0 Å². The van der Waals surface area contributed by atoms with E-state index in [1.165, 1.54) is 0 Å². The van der Waals surface area contributed by atoms with Crippen molar-refractivity contribution in [1.29, 1.82) is 0 Å². The summed E-state index contributed by atoms with van der Waals surface area (Å²) in [5.41, 5.74) is 0. The Bertz CT molecular complexity index is 355. The van der Waals surface area contributed by atoms with Gasteiger partial charge in [0.15, 0.2) is 0 Å². The van der Waals surface area contributed by atoms with Crippen LogP contribution in [0.1, 0.15) is 34.6 Å². The van der Waals surface area contributed by atoms with Crippen molar-refractivity contribution in [2.24, 2.45) is 0 Å². The number of hydrogen-bond acceptors (Lipinski definition) is 3. The van der Waals surface area contributed by atoms with Gasteiger partial charge in [-0.1, -0.05) is 0 Å². The zero-order chi connectivity index (χ0) is 11.6. The van der Waals surface area contributed by atoms with Crippen LogP contribution in [0.15, 0.2) is 0 Å². The van der Waals surface area contributed by atoms with Crippen LogP contribution in [0.25, 0.3) is 0 Å². The fourth-order valence-corrected chi connectivity index (χ4v) is 12.9. The molecule has 0 aliphatic carbocycles. The summed E-state index contributed by atoms with van der Waals surface area (Å²) in [6.07, 6.45) is 0. The molecule has 0 aromatic carbocycles. The molecule has 0 aliphatic rings. The fraction of sp³-hybridized carbons (Fsp3) is 1.00. The quantitative estimate of drug-likeness (QED) is 0.689. The zero-order valence-corrected chi connectivity index (χ0v) is 12.4. The van der Waals surface area contributed by atoms with Gasteiger partial charge in [-0.2, -0.15) is 0 Å². The number of hydrogen-bond donors (Lipinski definition) is 0. The number of rotatable bonds is 6. The summed E-state index contributed by atoms with van der Waals surface area (Å²) >= 11 is -6.19. The third-order valence-electron chi connectivity index (χ3n) is 4.83. The second-order valence-electron chi connectivity index (χ2n) is 4.80. The van der Waals surface area contributed by atoms with E-state index in [2.05, 4.69) is 0 Å². The maximum atomic E-state index is 13.3. The van der Waals surface area contributed by atoms with Crippen LogP contribution in [0, 0.1) is 0 Å². The van der Waals surface area contributed by atoms with Gasteiger partial charge < -0.3 is 0 Å². The zero-order valence-electron chi connectivity index (χ0n) is 10.2. The summed E-state index contributed by atoms with van der Waals surface area (Å²) in [7, 11) is 0. The summed E-state index contributed by atoms with van der Waals surface area (Å²) in [6.45, 7) is 8.85. The molecule has 88 valence electrons. The molecule has 0 heterocycles. The first-order valence-corrected chi connectivity index (χ1v) is 14.5. The van der Waals surface area contributed by atoms with E-state index in [0.717, 1.165) is 0 Å². The van der Waals surface area contributed by atoms with Crippen molar-refractivity contribution < 1.29 is 23.3 Å². The van der Waals surface area contributed by atoms with Gasteiger partial charge in [-0.25, -0.2) is 0 Å². The van der Waals surface area contributed by atoms with Crippen molar-refractivity contribution in [2.45, 2.75) is 53.2 Å². The normalized spacial score (nSPS) is 20.5. The first kappa shape index (κ1) is 14.3. The van der Waals surface area contributed by atoms with Gasteiger partial charge in [-0.05, 0) is 0 Å². The van der Waals surface area contributed by atoms with E-state index >= 15 is 0 Å². The molecule has 0 radical (unpaired) electrons. The van der Waals surface area contributed by atoms with E-state index in [1.807, 2.05) is 0 Å². The molecule has 0 atom stereocenters. The summed E-state index contributed by atoms with van der Waals surface area (Å²) < 4.78 is 32.6. The van der Waals surface area contributed by atoms with Crippen LogP contribution < -0.4 is 0 Å². The second-order valence-corrected chi connectivity index (χ2v) is 27.0. The molecule has 0 unspecified atom stereocenters. The Labute approximate surface area is 83.1 Å². The van der Waals surface area contributed by atoms with E-state index in [0.29, 0.717) is 0 Å². The topological polar surface area (TPSA) is 43.4 Å². The average Bonchev–Trinajstić information content (AvgIpc) is 2.21. The van der Waals surface area contributed by atoms with Gasteiger partial charge in [-0.15, -0.1) is 0 Å². The molecule has 0 fully saturated rings. The van der Waals surface area contributed by atoms with Gasteiger partial charge in [0.2, 0.25) is 0 Å². The molecule has 14 heavy (non-hydrogen) atoms. The molecule has 0 N–H and O–H groups in total. The predicted molar refractivity (Wildman–Crippen MR) is 54.9 cm³/mol. The summed E-state index contributed by atoms with van der Waals surface area (Å²) in [6, 6.07) is 0. The molecule has 0 spiro atoms. The van der Waals surface area contributed by atoms with Crippen molar-refractivity contribution in [2.75, 3.05) is 6.61 Å². The van der Waals surface area contributed by atoms with Crippen LogP contribution in [0.3, 0.4) is 0 Å². The van der Waals surface area contributed by atoms with Gasteiger partial charge in [0.25, 0.3) is 0 Å². The van der Waals surface area contributed by atoms with Crippen molar-refractivity contribution in [3.63, 3.8) is 0 Å². The molecule has 0 saturated carbocycles. The molecule has 0 saturated heterocycles. The predicted octanol–water partition coefficient (Wildman–Crippen LogP) is 4.14. The molecule has 0 amide bonds. The van der Waals surface area contributed by atoms with Crippen molar-refractivity contribution in [3.8, 4) is 0 Å². The average molecular weight is 286 g/mol. The molecular weight excluding hydrogens is 261 g/mol. The molecular formula is C10H25NbO3. The SMILES string of the molecule is CC[O][Nb](=[O])(=[O])([CH2]C)([CH2]C)([CH2]C)[CH2]C. The van der Waals surface area contributed by atoms with Gasteiger partial charge in [0, 0.05) is 0 Å². The fourth-order valence-electron chi connectivity index (χ4n) is 2.18.